The molecular formula is C13H15NOS. The minimum absolute atomic E-state index is 0.314. The van der Waals surface area contributed by atoms with Crippen molar-refractivity contribution in [2.75, 3.05) is 0 Å². The third-order valence-corrected chi connectivity index (χ3v) is 3.64. The van der Waals surface area contributed by atoms with Gasteiger partial charge in [-0.1, -0.05) is 29.0 Å². The molecule has 0 fully saturated rings. The van der Waals surface area contributed by atoms with Gasteiger partial charge in [-0.15, -0.1) is 0 Å². The van der Waals surface area contributed by atoms with E-state index >= 15 is 0 Å². The van der Waals surface area contributed by atoms with Crippen molar-refractivity contribution in [3.05, 3.63) is 34.5 Å². The number of aromatic nitrogens is 1. The molecule has 0 spiro atoms. The molecule has 1 aromatic carbocycles. The number of hydrogen-bond acceptors (Lipinski definition) is 3. The summed E-state index contributed by atoms with van der Waals surface area (Å²) in [5.41, 5.74) is 5.55. The second-order valence-electron chi connectivity index (χ2n) is 4.18. The Balaban J connectivity index is 2.64. The van der Waals surface area contributed by atoms with Crippen LogP contribution in [0.25, 0.3) is 10.6 Å². The minimum atomic E-state index is 0.314. The average Bonchev–Trinajstić information content (AvgIpc) is 2.44. The molecule has 0 saturated heterocycles. The smallest absolute Gasteiger partial charge is 0.195 e. The maximum Gasteiger partial charge on any atom is 0.195 e. The lowest BCUT2D eigenvalue weighted by Gasteiger charge is -2.08. The molecule has 0 atom stereocenters. The quantitative estimate of drug-likeness (QED) is 0.813. The van der Waals surface area contributed by atoms with E-state index in [9.17, 15) is 5.11 Å². The molecule has 2 nitrogen and oxygen atoms in total. The maximum absolute atomic E-state index is 9.59. The van der Waals surface area contributed by atoms with E-state index < -0.39 is 0 Å². The monoisotopic (exact) mass is 233 g/mol. The van der Waals surface area contributed by atoms with E-state index in [2.05, 4.69) is 37.9 Å². The first-order chi connectivity index (χ1) is 7.49. The molecule has 84 valence electrons. The first kappa shape index (κ1) is 11.1. The molecule has 2 aromatic rings. The van der Waals surface area contributed by atoms with E-state index in [1.54, 1.807) is 0 Å². The Morgan fingerprint density at radius 3 is 2.06 bits per heavy atom. The second-order valence-corrected chi connectivity index (χ2v) is 5.16. The van der Waals surface area contributed by atoms with Gasteiger partial charge in [-0.25, -0.2) is 4.98 Å². The van der Waals surface area contributed by atoms with Crippen LogP contribution in [0.15, 0.2) is 12.1 Å². The SMILES string of the molecule is Cc1cc(C)c(-c2nc(C)c(O)s2)c(C)c1. The first-order valence-electron chi connectivity index (χ1n) is 5.23. The highest BCUT2D eigenvalue weighted by Gasteiger charge is 2.12. The van der Waals surface area contributed by atoms with Gasteiger partial charge in [0.25, 0.3) is 0 Å². The standard InChI is InChI=1S/C13H15NOS/c1-7-5-8(2)11(9(3)6-7)12-14-10(4)13(15)16-12/h5-6,15H,1-4H3. The van der Waals surface area contributed by atoms with E-state index in [-0.39, 0.29) is 0 Å². The summed E-state index contributed by atoms with van der Waals surface area (Å²) >= 11 is 1.35. The van der Waals surface area contributed by atoms with Gasteiger partial charge in [-0.2, -0.15) is 0 Å². The lowest BCUT2D eigenvalue weighted by atomic mass is 10.0. The summed E-state index contributed by atoms with van der Waals surface area (Å²) < 4.78 is 0. The van der Waals surface area contributed by atoms with Crippen molar-refractivity contribution in [2.24, 2.45) is 0 Å². The Kier molecular flexibility index (Phi) is 2.72. The van der Waals surface area contributed by atoms with Gasteiger partial charge < -0.3 is 5.11 Å². The summed E-state index contributed by atoms with van der Waals surface area (Å²) in [7, 11) is 0. The number of thiazole rings is 1. The molecule has 0 aliphatic heterocycles. The third-order valence-electron chi connectivity index (χ3n) is 2.66. The van der Waals surface area contributed by atoms with E-state index in [0.29, 0.717) is 10.8 Å². The lowest BCUT2D eigenvalue weighted by molar-refractivity contribution is 0.485. The first-order valence-corrected chi connectivity index (χ1v) is 6.05. The molecule has 2 rings (SSSR count). The molecule has 1 aromatic heterocycles. The number of benzene rings is 1. The summed E-state index contributed by atoms with van der Waals surface area (Å²) in [6.07, 6.45) is 0. The zero-order valence-corrected chi connectivity index (χ0v) is 10.8. The highest BCUT2D eigenvalue weighted by Crippen LogP contribution is 2.36. The number of nitrogens with zero attached hydrogens (tertiary/aromatic N) is 1. The predicted octanol–water partition coefficient (Wildman–Crippen LogP) is 3.75. The van der Waals surface area contributed by atoms with Gasteiger partial charge in [-0.3, -0.25) is 0 Å². The molecule has 0 unspecified atom stereocenters. The Labute approximate surface area is 99.6 Å². The largest absolute Gasteiger partial charge is 0.498 e. The summed E-state index contributed by atoms with van der Waals surface area (Å²) in [5.74, 6) is 0. The highest BCUT2D eigenvalue weighted by molar-refractivity contribution is 7.16. The van der Waals surface area contributed by atoms with Crippen LogP contribution in [0.1, 0.15) is 22.4 Å². The third kappa shape index (κ3) is 1.83. The van der Waals surface area contributed by atoms with Crippen molar-refractivity contribution >= 4 is 11.3 Å². The fraction of sp³-hybridized carbons (Fsp3) is 0.308. The zero-order valence-electron chi connectivity index (χ0n) is 9.96. The Hall–Kier alpha value is -1.35. The Bertz CT molecular complexity index is 500. The molecule has 3 heteroatoms. The van der Waals surface area contributed by atoms with E-state index in [4.69, 9.17) is 0 Å². The topological polar surface area (TPSA) is 33.1 Å². The van der Waals surface area contributed by atoms with Crippen LogP contribution < -0.4 is 0 Å². The van der Waals surface area contributed by atoms with Crippen LogP contribution >= 0.6 is 11.3 Å². The number of aryl methyl sites for hydroxylation is 4. The van der Waals surface area contributed by atoms with Crippen LogP contribution in [-0.4, -0.2) is 10.1 Å². The van der Waals surface area contributed by atoms with Crippen molar-refractivity contribution in [3.8, 4) is 15.6 Å². The van der Waals surface area contributed by atoms with Gasteiger partial charge >= 0.3 is 0 Å². The zero-order chi connectivity index (χ0) is 11.9. The molecule has 0 saturated carbocycles. The van der Waals surface area contributed by atoms with Crippen LogP contribution in [-0.2, 0) is 0 Å². The molecule has 0 aliphatic carbocycles. The fourth-order valence-electron chi connectivity index (χ4n) is 2.01. The number of rotatable bonds is 1. The second kappa shape index (κ2) is 3.91. The van der Waals surface area contributed by atoms with Gasteiger partial charge in [0.05, 0.1) is 5.69 Å². The van der Waals surface area contributed by atoms with Crippen LogP contribution in [0.2, 0.25) is 0 Å². The van der Waals surface area contributed by atoms with Crippen molar-refractivity contribution in [1.82, 2.24) is 4.98 Å². The van der Waals surface area contributed by atoms with E-state index in [1.165, 1.54) is 28.0 Å². The molecule has 0 bridgehead atoms. The van der Waals surface area contributed by atoms with Crippen LogP contribution in [0, 0.1) is 27.7 Å². The summed E-state index contributed by atoms with van der Waals surface area (Å²) in [6, 6.07) is 4.30. The summed E-state index contributed by atoms with van der Waals surface area (Å²) in [5, 5.41) is 10.8. The fourth-order valence-corrected chi connectivity index (χ4v) is 3.00. The van der Waals surface area contributed by atoms with Gasteiger partial charge in [0.2, 0.25) is 0 Å². The minimum Gasteiger partial charge on any atom is -0.498 e. The molecule has 1 N–H and O–H groups in total. The maximum atomic E-state index is 9.59. The van der Waals surface area contributed by atoms with Gasteiger partial charge in [0.15, 0.2) is 5.06 Å². The predicted molar refractivity (Wildman–Crippen MR) is 68.2 cm³/mol. The van der Waals surface area contributed by atoms with Crippen molar-refractivity contribution in [1.29, 1.82) is 0 Å². The Morgan fingerprint density at radius 2 is 1.62 bits per heavy atom. The molecule has 0 aliphatic rings. The van der Waals surface area contributed by atoms with Gasteiger partial charge in [0.1, 0.15) is 5.01 Å². The van der Waals surface area contributed by atoms with Gasteiger partial charge in [-0.05, 0) is 38.8 Å². The number of hydrogen-bond donors (Lipinski definition) is 1. The van der Waals surface area contributed by atoms with Crippen LogP contribution in [0.5, 0.6) is 5.06 Å². The van der Waals surface area contributed by atoms with E-state index in [1.807, 2.05) is 6.92 Å². The summed E-state index contributed by atoms with van der Waals surface area (Å²) in [6.45, 7) is 8.09. The molecule has 16 heavy (non-hydrogen) atoms. The molecule has 0 radical (unpaired) electrons. The number of aromatic hydroxyl groups is 1. The molecular weight excluding hydrogens is 218 g/mol. The van der Waals surface area contributed by atoms with Crippen LogP contribution in [0.3, 0.4) is 0 Å². The average molecular weight is 233 g/mol. The van der Waals surface area contributed by atoms with Crippen LogP contribution in [0.4, 0.5) is 0 Å². The lowest BCUT2D eigenvalue weighted by Crippen LogP contribution is -1.89. The normalized spacial score (nSPS) is 10.8. The highest BCUT2D eigenvalue weighted by atomic mass is 32.1. The van der Waals surface area contributed by atoms with Crippen molar-refractivity contribution in [2.45, 2.75) is 27.7 Å². The van der Waals surface area contributed by atoms with Crippen molar-refractivity contribution in [3.63, 3.8) is 0 Å². The molecule has 1 heterocycles. The van der Waals surface area contributed by atoms with Crippen molar-refractivity contribution < 1.29 is 5.11 Å². The summed E-state index contributed by atoms with van der Waals surface area (Å²) in [4.78, 5) is 4.40. The van der Waals surface area contributed by atoms with E-state index in [0.717, 1.165) is 10.6 Å². The molecule has 0 amide bonds. The van der Waals surface area contributed by atoms with Gasteiger partial charge in [0, 0.05) is 5.56 Å². The Morgan fingerprint density at radius 1 is 1.06 bits per heavy atom.